The highest BCUT2D eigenvalue weighted by Crippen LogP contribution is 2.23. The molecule has 0 fully saturated rings. The number of nitrogens with zero attached hydrogens (tertiary/aromatic N) is 1. The molecule has 0 saturated carbocycles. The molecule has 0 spiro atoms. The van der Waals surface area contributed by atoms with Gasteiger partial charge in [-0.05, 0) is 58.1 Å². The van der Waals surface area contributed by atoms with Crippen molar-refractivity contribution in [2.24, 2.45) is 5.84 Å². The van der Waals surface area contributed by atoms with Crippen molar-refractivity contribution in [1.29, 1.82) is 0 Å². The number of anilines is 1. The summed E-state index contributed by atoms with van der Waals surface area (Å²) in [7, 11) is 0.307. The fourth-order valence-electron chi connectivity index (χ4n) is 1.94. The normalized spacial score (nSPS) is 13.6. The summed E-state index contributed by atoms with van der Waals surface area (Å²) in [6, 6.07) is 3.56. The highest BCUT2D eigenvalue weighted by atomic mass is 32.2. The summed E-state index contributed by atoms with van der Waals surface area (Å²) in [6.45, 7) is 5.85. The van der Waals surface area contributed by atoms with Crippen molar-refractivity contribution in [3.05, 3.63) is 23.3 Å². The Morgan fingerprint density at radius 3 is 2.15 bits per heavy atom. The number of nitrogens with one attached hydrogen (secondary N) is 2. The van der Waals surface area contributed by atoms with Crippen LogP contribution in [0.1, 0.15) is 18.1 Å². The Labute approximate surface area is 121 Å². The Balaban J connectivity index is 3.04. The quantitative estimate of drug-likeness (QED) is 0.535. The zero-order valence-electron chi connectivity index (χ0n) is 12.7. The molecule has 7 heteroatoms. The van der Waals surface area contributed by atoms with E-state index in [1.807, 2.05) is 25.9 Å². The van der Waals surface area contributed by atoms with E-state index >= 15 is 0 Å². The molecule has 0 bridgehead atoms. The van der Waals surface area contributed by atoms with Crippen LogP contribution in [0.25, 0.3) is 0 Å². The minimum atomic E-state index is -3.52. The van der Waals surface area contributed by atoms with Crippen LogP contribution in [0, 0.1) is 13.8 Å². The molecule has 0 aliphatic rings. The van der Waals surface area contributed by atoms with Crippen LogP contribution < -0.4 is 16.0 Å². The standard InChI is InChI=1S/C13H24N4O2S/c1-9-6-12(16-14)7-10(2)13(9)20(18,19)15-8-11(3)17(4)5/h6-7,11,15-16H,8,14H2,1-5H3. The van der Waals surface area contributed by atoms with Gasteiger partial charge in [0.25, 0.3) is 0 Å². The van der Waals surface area contributed by atoms with Crippen molar-refractivity contribution >= 4 is 15.7 Å². The first-order valence-electron chi connectivity index (χ1n) is 6.43. The van der Waals surface area contributed by atoms with E-state index in [9.17, 15) is 8.42 Å². The average Bonchev–Trinajstić information content (AvgIpc) is 2.34. The lowest BCUT2D eigenvalue weighted by molar-refractivity contribution is 0.314. The molecule has 0 amide bonds. The highest BCUT2D eigenvalue weighted by molar-refractivity contribution is 7.89. The summed E-state index contributed by atoms with van der Waals surface area (Å²) in [5.74, 6) is 5.36. The Bertz CT molecular complexity index is 547. The van der Waals surface area contributed by atoms with E-state index in [2.05, 4.69) is 10.1 Å². The van der Waals surface area contributed by atoms with Gasteiger partial charge in [0.1, 0.15) is 0 Å². The maximum atomic E-state index is 12.4. The molecule has 0 aliphatic carbocycles. The first-order valence-corrected chi connectivity index (χ1v) is 7.91. The Hall–Kier alpha value is -1.15. The minimum absolute atomic E-state index is 0.121. The Morgan fingerprint density at radius 1 is 1.25 bits per heavy atom. The summed E-state index contributed by atoms with van der Waals surface area (Å²) in [5, 5.41) is 0. The van der Waals surface area contributed by atoms with Crippen molar-refractivity contribution in [2.75, 3.05) is 26.1 Å². The number of hydrogen-bond donors (Lipinski definition) is 3. The van der Waals surface area contributed by atoms with E-state index in [1.54, 1.807) is 26.0 Å². The summed E-state index contributed by atoms with van der Waals surface area (Å²) >= 11 is 0. The smallest absolute Gasteiger partial charge is 0.241 e. The highest BCUT2D eigenvalue weighted by Gasteiger charge is 2.21. The average molecular weight is 300 g/mol. The molecule has 0 saturated heterocycles. The molecule has 20 heavy (non-hydrogen) atoms. The summed E-state index contributed by atoms with van der Waals surface area (Å²) in [6.07, 6.45) is 0. The third-order valence-corrected chi connectivity index (χ3v) is 5.07. The fourth-order valence-corrected chi connectivity index (χ4v) is 3.51. The van der Waals surface area contributed by atoms with Gasteiger partial charge in [0.05, 0.1) is 4.90 Å². The molecule has 1 aromatic rings. The largest absolute Gasteiger partial charge is 0.324 e. The van der Waals surface area contributed by atoms with Crippen LogP contribution in [0.2, 0.25) is 0 Å². The molecule has 0 radical (unpaired) electrons. The number of nitrogen functional groups attached to an aromatic ring is 1. The zero-order valence-corrected chi connectivity index (χ0v) is 13.5. The SMILES string of the molecule is Cc1cc(NN)cc(C)c1S(=O)(=O)NCC(C)N(C)C. The van der Waals surface area contributed by atoms with Crippen LogP contribution >= 0.6 is 0 Å². The summed E-state index contributed by atoms with van der Waals surface area (Å²) in [5.41, 5.74) is 4.56. The van der Waals surface area contributed by atoms with Gasteiger partial charge in [-0.25, -0.2) is 13.1 Å². The van der Waals surface area contributed by atoms with E-state index < -0.39 is 10.0 Å². The lowest BCUT2D eigenvalue weighted by atomic mass is 10.1. The molecule has 114 valence electrons. The van der Waals surface area contributed by atoms with Crippen LogP contribution in [-0.2, 0) is 10.0 Å². The first-order chi connectivity index (χ1) is 9.19. The molecule has 0 aliphatic heterocycles. The van der Waals surface area contributed by atoms with E-state index in [0.29, 0.717) is 28.3 Å². The van der Waals surface area contributed by atoms with Gasteiger partial charge in [0, 0.05) is 18.3 Å². The molecule has 0 heterocycles. The number of likely N-dealkylation sites (N-methyl/N-ethyl adjacent to an activating group) is 1. The number of hydrogen-bond acceptors (Lipinski definition) is 5. The van der Waals surface area contributed by atoms with Gasteiger partial charge in [-0.1, -0.05) is 0 Å². The third-order valence-electron chi connectivity index (χ3n) is 3.35. The van der Waals surface area contributed by atoms with Crippen LogP contribution in [0.5, 0.6) is 0 Å². The summed E-state index contributed by atoms with van der Waals surface area (Å²) < 4.78 is 27.5. The molecule has 0 aromatic heterocycles. The summed E-state index contributed by atoms with van der Waals surface area (Å²) in [4.78, 5) is 2.28. The topological polar surface area (TPSA) is 87.5 Å². The van der Waals surface area contributed by atoms with E-state index in [-0.39, 0.29) is 6.04 Å². The lowest BCUT2D eigenvalue weighted by Crippen LogP contribution is -2.38. The first kappa shape index (κ1) is 16.9. The second-order valence-electron chi connectivity index (χ2n) is 5.25. The molecular weight excluding hydrogens is 276 g/mol. The molecule has 6 nitrogen and oxygen atoms in total. The van der Waals surface area contributed by atoms with Crippen LogP contribution in [0.15, 0.2) is 17.0 Å². The Morgan fingerprint density at radius 2 is 1.75 bits per heavy atom. The number of sulfonamides is 1. The molecule has 4 N–H and O–H groups in total. The third kappa shape index (κ3) is 3.92. The minimum Gasteiger partial charge on any atom is -0.324 e. The van der Waals surface area contributed by atoms with Gasteiger partial charge in [0.2, 0.25) is 10.0 Å². The van der Waals surface area contributed by atoms with Gasteiger partial charge < -0.3 is 10.3 Å². The zero-order chi connectivity index (χ0) is 15.5. The second kappa shape index (κ2) is 6.53. The van der Waals surface area contributed by atoms with Crippen molar-refractivity contribution in [3.63, 3.8) is 0 Å². The molecular formula is C13H24N4O2S. The maximum absolute atomic E-state index is 12.4. The monoisotopic (exact) mass is 300 g/mol. The van der Waals surface area contributed by atoms with E-state index in [1.165, 1.54) is 0 Å². The van der Waals surface area contributed by atoms with Crippen molar-refractivity contribution in [3.8, 4) is 0 Å². The number of aryl methyl sites for hydroxylation is 2. The number of benzene rings is 1. The predicted octanol–water partition coefficient (Wildman–Crippen LogP) is 0.817. The molecule has 1 unspecified atom stereocenters. The fraction of sp³-hybridized carbons (Fsp3) is 0.538. The van der Waals surface area contributed by atoms with E-state index in [4.69, 9.17) is 5.84 Å². The second-order valence-corrected chi connectivity index (χ2v) is 6.95. The molecule has 1 rings (SSSR count). The maximum Gasteiger partial charge on any atom is 0.241 e. The number of nitrogens with two attached hydrogens (primary N) is 1. The molecule has 1 atom stereocenters. The van der Waals surface area contributed by atoms with Gasteiger partial charge in [-0.3, -0.25) is 5.84 Å². The number of rotatable bonds is 6. The van der Waals surface area contributed by atoms with Gasteiger partial charge in [-0.2, -0.15) is 0 Å². The lowest BCUT2D eigenvalue weighted by Gasteiger charge is -2.21. The van der Waals surface area contributed by atoms with Gasteiger partial charge in [-0.15, -0.1) is 0 Å². The van der Waals surface area contributed by atoms with Crippen LogP contribution in [0.3, 0.4) is 0 Å². The molecule has 1 aromatic carbocycles. The van der Waals surface area contributed by atoms with Crippen LogP contribution in [0.4, 0.5) is 5.69 Å². The van der Waals surface area contributed by atoms with Crippen molar-refractivity contribution < 1.29 is 8.42 Å². The van der Waals surface area contributed by atoms with Crippen LogP contribution in [-0.4, -0.2) is 40.0 Å². The van der Waals surface area contributed by atoms with Crippen molar-refractivity contribution in [1.82, 2.24) is 9.62 Å². The predicted molar refractivity (Wildman–Crippen MR) is 82.1 cm³/mol. The van der Waals surface area contributed by atoms with E-state index in [0.717, 1.165) is 0 Å². The van der Waals surface area contributed by atoms with Gasteiger partial charge >= 0.3 is 0 Å². The Kier molecular flexibility index (Phi) is 5.52. The number of hydrazine groups is 1. The van der Waals surface area contributed by atoms with Crippen molar-refractivity contribution in [2.45, 2.75) is 31.7 Å². The van der Waals surface area contributed by atoms with Gasteiger partial charge in [0.15, 0.2) is 0 Å².